The van der Waals surface area contributed by atoms with Gasteiger partial charge in [-0.2, -0.15) is 9.97 Å². The van der Waals surface area contributed by atoms with E-state index in [1.807, 2.05) is 12.2 Å². The first kappa shape index (κ1) is 56.0. The highest BCUT2D eigenvalue weighted by Crippen LogP contribution is 2.32. The predicted molar refractivity (Wildman–Crippen MR) is 263 cm³/mol. The van der Waals surface area contributed by atoms with Crippen LogP contribution in [0.3, 0.4) is 0 Å². The van der Waals surface area contributed by atoms with Crippen LogP contribution in [0.1, 0.15) is 77.7 Å². The molecule has 5 atom stereocenters. The van der Waals surface area contributed by atoms with E-state index < -0.39 is 57.8 Å². The third-order valence-electron chi connectivity index (χ3n) is 8.74. The van der Waals surface area contributed by atoms with Gasteiger partial charge in [-0.3, -0.25) is 19.2 Å². The molecule has 2 amide bonds. The second-order valence-corrected chi connectivity index (χ2v) is 19.0. The third kappa shape index (κ3) is 23.4. The van der Waals surface area contributed by atoms with Gasteiger partial charge in [-0.05, 0) is 64.0 Å². The number of thioether (sulfide) groups is 2. The smallest absolute Gasteiger partial charge is 0.412 e. The number of nitrogens with two attached hydrogens (primary N) is 1. The number of allylic oxidation sites excluding steroid dienone is 12. The number of halogens is 3. The zero-order valence-corrected chi connectivity index (χ0v) is 40.7. The van der Waals surface area contributed by atoms with Crippen LogP contribution >= 0.6 is 58.3 Å². The van der Waals surface area contributed by atoms with Crippen molar-refractivity contribution >= 4 is 87.9 Å². The molecule has 2 aromatic rings. The van der Waals surface area contributed by atoms with E-state index in [4.69, 9.17) is 59.9 Å². The minimum atomic E-state index is -1.73. The summed E-state index contributed by atoms with van der Waals surface area (Å²) in [5.74, 6) is 0.391. The Hall–Kier alpha value is -4.34. The van der Waals surface area contributed by atoms with Gasteiger partial charge in [-0.25, -0.2) is 19.2 Å². The van der Waals surface area contributed by atoms with Crippen molar-refractivity contribution in [3.8, 4) is 0 Å². The fourth-order valence-electron chi connectivity index (χ4n) is 5.50. The van der Waals surface area contributed by atoms with E-state index in [0.717, 1.165) is 38.5 Å². The predicted octanol–water partition coefficient (Wildman–Crippen LogP) is 7.68. The molecule has 2 saturated heterocycles. The van der Waals surface area contributed by atoms with Gasteiger partial charge in [-0.1, -0.05) is 115 Å². The third-order valence-corrected chi connectivity index (χ3v) is 11.3. The number of esters is 1. The van der Waals surface area contributed by atoms with Gasteiger partial charge < -0.3 is 35.1 Å². The van der Waals surface area contributed by atoms with Crippen molar-refractivity contribution in [1.29, 1.82) is 0 Å². The first-order valence-corrected chi connectivity index (χ1v) is 24.4. The Morgan fingerprint density at radius 1 is 0.833 bits per heavy atom. The monoisotopic (exact) mass is 1010 g/mol. The van der Waals surface area contributed by atoms with Crippen molar-refractivity contribution in [3.63, 3.8) is 0 Å². The van der Waals surface area contributed by atoms with Crippen LogP contribution < -0.4 is 27.7 Å². The standard InChI is InChI=1S/C33H46N4O5S.C11H12Cl3N3O5S/c1-3-4-5-6-7-8-9-10-11-12-13-14-15-16-17-18-19-20-21-22-29(38)35-27(2)32(39)41-25-31-42-30(26-43-31)37-24-23-28(34)36-33(37)40;12-11(13,14)5-21-10(20)16-6-1-2-17(9(19)15-6)7-4-23-8(3-18)22-7/h4-5,7-8,10-11,13-14,16-17,19-20,23-24,27,30-31H,3,6,9,12,15,18,21-22,25-26H2,1-2H3,(H,35,38)(H2,34,36,40);1-2,7-8,18H,3-5H2,(H,15,16,19,20)/b5-4-,8-7-,11-10-,14-13-,17-16-,20-19-;/t27-,30?,31+;7?,8-/m01/s1. The number of alkyl halides is 3. The molecule has 4 heterocycles. The molecule has 0 radical (unpaired) electrons. The maximum Gasteiger partial charge on any atom is 0.412 e. The minimum absolute atomic E-state index is 0.00933. The topological polar surface area (TPSA) is 228 Å². The average Bonchev–Trinajstić information content (AvgIpc) is 3.96. The van der Waals surface area contributed by atoms with Gasteiger partial charge in [0.25, 0.3) is 0 Å². The van der Waals surface area contributed by atoms with E-state index in [-0.39, 0.29) is 42.6 Å². The quantitative estimate of drug-likeness (QED) is 0.0475. The van der Waals surface area contributed by atoms with Crippen LogP contribution in [-0.4, -0.2) is 94.2 Å². The lowest BCUT2D eigenvalue weighted by Crippen LogP contribution is -2.40. The van der Waals surface area contributed by atoms with E-state index in [1.54, 1.807) is 6.92 Å². The van der Waals surface area contributed by atoms with Crippen LogP contribution in [-0.2, 0) is 28.5 Å². The lowest BCUT2D eigenvalue weighted by molar-refractivity contribution is -0.150. The minimum Gasteiger partial charge on any atom is -0.460 e. The molecule has 0 spiro atoms. The number of hydrogen-bond donors (Lipinski definition) is 4. The molecule has 66 heavy (non-hydrogen) atoms. The number of amides is 2. The first-order chi connectivity index (χ1) is 31.7. The Bertz CT molecular complexity index is 2130. The molecule has 2 aliphatic rings. The lowest BCUT2D eigenvalue weighted by Gasteiger charge is -2.16. The van der Waals surface area contributed by atoms with Crippen LogP contribution in [0.4, 0.5) is 16.4 Å². The zero-order chi connectivity index (χ0) is 48.2. The molecule has 2 aliphatic heterocycles. The summed E-state index contributed by atoms with van der Waals surface area (Å²) in [6.07, 6.45) is 33.3. The molecule has 0 aromatic carbocycles. The molecule has 0 aliphatic carbocycles. The van der Waals surface area contributed by atoms with E-state index in [0.29, 0.717) is 17.9 Å². The Labute approximate surface area is 407 Å². The summed E-state index contributed by atoms with van der Waals surface area (Å²) in [6, 6.07) is 2.15. The largest absolute Gasteiger partial charge is 0.460 e. The summed E-state index contributed by atoms with van der Waals surface area (Å²) >= 11 is 19.2. The summed E-state index contributed by atoms with van der Waals surface area (Å²) < 4.78 is 22.1. The molecule has 2 aromatic heterocycles. The van der Waals surface area contributed by atoms with Gasteiger partial charge >= 0.3 is 23.4 Å². The van der Waals surface area contributed by atoms with Crippen molar-refractivity contribution in [2.75, 3.05) is 42.4 Å². The van der Waals surface area contributed by atoms with E-state index in [1.165, 1.54) is 57.2 Å². The number of aliphatic hydroxyl groups is 1. The molecule has 17 nitrogen and oxygen atoms in total. The highest BCUT2D eigenvalue weighted by Gasteiger charge is 2.30. The van der Waals surface area contributed by atoms with Crippen LogP contribution in [0.15, 0.2) is 107 Å². The Morgan fingerprint density at radius 3 is 1.86 bits per heavy atom. The summed E-state index contributed by atoms with van der Waals surface area (Å²) in [6.45, 7) is 3.15. The maximum atomic E-state index is 12.3. The number of nitrogen functional groups attached to an aromatic ring is 1. The SMILES string of the molecule is CC/C=C\C/C=C\C/C=C\C/C=C\C/C=C\C/C=C\CCC(=O)N[C@@H](C)C(=O)OC[C@@H]1OC(n2ccc(N)nc2=O)CS1.O=C(Nc1ccn(C2CS[C@H](CO)O2)c(=O)n1)OCC(Cl)(Cl)Cl. The number of ether oxygens (including phenoxy) is 4. The highest BCUT2D eigenvalue weighted by molar-refractivity contribution is 8.00. The van der Waals surface area contributed by atoms with Crippen molar-refractivity contribution in [2.24, 2.45) is 0 Å². The van der Waals surface area contributed by atoms with Gasteiger partial charge in [0.1, 0.15) is 54.2 Å². The second-order valence-electron chi connectivity index (χ2n) is 14.1. The van der Waals surface area contributed by atoms with Crippen molar-refractivity contribution in [2.45, 2.75) is 98.4 Å². The molecule has 0 saturated carbocycles. The molecule has 362 valence electrons. The number of aromatic nitrogens is 4. The van der Waals surface area contributed by atoms with E-state index in [2.05, 4.69) is 93.0 Å². The number of carbonyl (C=O) groups excluding carboxylic acids is 3. The van der Waals surface area contributed by atoms with Gasteiger partial charge in [0.15, 0.2) is 0 Å². The summed E-state index contributed by atoms with van der Waals surface area (Å²) in [7, 11) is 0. The molecule has 4 rings (SSSR count). The maximum absolute atomic E-state index is 12.3. The molecule has 0 bridgehead atoms. The van der Waals surface area contributed by atoms with Crippen molar-refractivity contribution in [1.82, 2.24) is 24.4 Å². The number of aliphatic hydroxyl groups excluding tert-OH is 1. The number of nitrogens with one attached hydrogen (secondary N) is 2. The fraction of sp³-hybridized carbons (Fsp3) is 0.477. The Morgan fingerprint density at radius 2 is 1.35 bits per heavy atom. The lowest BCUT2D eigenvalue weighted by atomic mass is 10.2. The van der Waals surface area contributed by atoms with Crippen LogP contribution in [0.25, 0.3) is 0 Å². The Balaban J connectivity index is 0.000000420. The number of nitrogens with zero attached hydrogens (tertiary/aromatic N) is 4. The molecular weight excluding hydrogens is 957 g/mol. The zero-order valence-electron chi connectivity index (χ0n) is 36.8. The summed E-state index contributed by atoms with van der Waals surface area (Å²) in [4.78, 5) is 67.3. The van der Waals surface area contributed by atoms with Crippen LogP contribution in [0.5, 0.6) is 0 Å². The molecular formula is C44H58Cl3N7O10S2. The van der Waals surface area contributed by atoms with Crippen molar-refractivity contribution in [3.05, 3.63) is 118 Å². The van der Waals surface area contributed by atoms with E-state index in [9.17, 15) is 24.0 Å². The first-order valence-electron chi connectivity index (χ1n) is 21.1. The average molecular weight is 1020 g/mol. The second kappa shape index (κ2) is 31.6. The molecule has 5 N–H and O–H groups in total. The van der Waals surface area contributed by atoms with Crippen LogP contribution in [0.2, 0.25) is 0 Å². The molecule has 2 fully saturated rings. The summed E-state index contributed by atoms with van der Waals surface area (Å²) in [5, 5.41) is 13.9. The highest BCUT2D eigenvalue weighted by atomic mass is 35.6. The van der Waals surface area contributed by atoms with E-state index >= 15 is 0 Å². The van der Waals surface area contributed by atoms with Gasteiger partial charge in [-0.15, -0.1) is 23.5 Å². The summed E-state index contributed by atoms with van der Waals surface area (Å²) in [5.41, 5.74) is 3.61. The number of anilines is 2. The molecule has 22 heteroatoms. The number of carbonyl (C=O) groups is 3. The van der Waals surface area contributed by atoms with Crippen molar-refractivity contribution < 1.29 is 38.4 Å². The number of rotatable bonds is 23. The van der Waals surface area contributed by atoms with Gasteiger partial charge in [0.05, 0.1) is 6.61 Å². The normalized spacial score (nSPS) is 19.3. The van der Waals surface area contributed by atoms with Gasteiger partial charge in [0.2, 0.25) is 9.70 Å². The Kier molecular flexibility index (Phi) is 26.8. The number of hydrogen-bond acceptors (Lipinski definition) is 15. The van der Waals surface area contributed by atoms with Crippen LogP contribution in [0, 0.1) is 0 Å². The molecule has 2 unspecified atom stereocenters. The van der Waals surface area contributed by atoms with Gasteiger partial charge in [0, 0.05) is 30.3 Å². The fourth-order valence-corrected chi connectivity index (χ4v) is 7.58.